The first-order valence-corrected chi connectivity index (χ1v) is 14.4. The minimum absolute atomic E-state index is 0.00288. The van der Waals surface area contributed by atoms with Crippen LogP contribution in [0.4, 0.5) is 0 Å². The van der Waals surface area contributed by atoms with E-state index in [1.54, 1.807) is 6.92 Å². The van der Waals surface area contributed by atoms with Crippen molar-refractivity contribution >= 4 is 17.3 Å². The molecule has 0 bridgehead atoms. The number of hydrogen-bond acceptors (Lipinski definition) is 5. The predicted octanol–water partition coefficient (Wildman–Crippen LogP) is 7.78. The number of hydrogen-bond donors (Lipinski definition) is 0. The van der Waals surface area contributed by atoms with E-state index in [9.17, 15) is 14.4 Å². The molecule has 0 aromatic heterocycles. The number of rotatable bonds is 16. The smallest absolute Gasteiger partial charge is 0.167 e. The highest BCUT2D eigenvalue weighted by molar-refractivity contribution is 6.00. The van der Waals surface area contributed by atoms with Crippen LogP contribution in [0.1, 0.15) is 108 Å². The number of Topliss-reactive ketones (excluding diaryl/α,β-unsaturated/α-hetero) is 3. The molecule has 1 aliphatic rings. The normalized spacial score (nSPS) is 15.8. The molecular weight excluding hydrogens is 488 g/mol. The number of ketones is 3. The van der Waals surface area contributed by atoms with Crippen LogP contribution in [0.25, 0.3) is 0 Å². The standard InChI is InChI=1S/C34H46O5/c1-8-38-30-19-27(20-31(39-9-2)32(30)24(4)35)23(3)28(29(37)22-34(17-18-34)25(5)36)15-16-33(6,7)21-26-13-11-10-12-14-26/h10-14,19-20,23,28H,8-9,15-18,21-22H2,1-7H3/t23-,28?/m1/s1. The van der Waals surface area contributed by atoms with Crippen LogP contribution < -0.4 is 9.47 Å². The molecular formula is C34H46O5. The van der Waals surface area contributed by atoms with Gasteiger partial charge in [0.2, 0.25) is 0 Å². The van der Waals surface area contributed by atoms with Crippen molar-refractivity contribution in [3.63, 3.8) is 0 Å². The molecule has 1 aliphatic carbocycles. The molecule has 39 heavy (non-hydrogen) atoms. The van der Waals surface area contributed by atoms with E-state index in [1.807, 2.05) is 32.0 Å². The largest absolute Gasteiger partial charge is 0.493 e. The highest BCUT2D eigenvalue weighted by Gasteiger charge is 2.49. The van der Waals surface area contributed by atoms with Gasteiger partial charge in [-0.05, 0) is 94.4 Å². The second kappa shape index (κ2) is 12.9. The van der Waals surface area contributed by atoms with Crippen molar-refractivity contribution in [2.75, 3.05) is 13.2 Å². The van der Waals surface area contributed by atoms with Crippen molar-refractivity contribution in [3.8, 4) is 11.5 Å². The summed E-state index contributed by atoms with van der Waals surface area (Å²) in [7, 11) is 0. The molecule has 0 N–H and O–H groups in total. The van der Waals surface area contributed by atoms with Crippen LogP contribution in [0.5, 0.6) is 11.5 Å². The maximum absolute atomic E-state index is 13.9. The van der Waals surface area contributed by atoms with Crippen LogP contribution in [-0.2, 0) is 16.0 Å². The molecule has 0 aliphatic heterocycles. The first-order chi connectivity index (χ1) is 18.4. The summed E-state index contributed by atoms with van der Waals surface area (Å²) in [5.74, 6) is 0.753. The molecule has 1 unspecified atom stereocenters. The van der Waals surface area contributed by atoms with E-state index >= 15 is 0 Å². The zero-order valence-corrected chi connectivity index (χ0v) is 24.9. The van der Waals surface area contributed by atoms with Gasteiger partial charge in [-0.3, -0.25) is 14.4 Å². The van der Waals surface area contributed by atoms with Crippen molar-refractivity contribution in [3.05, 3.63) is 59.2 Å². The predicted molar refractivity (Wildman–Crippen MR) is 156 cm³/mol. The van der Waals surface area contributed by atoms with Gasteiger partial charge in [-0.15, -0.1) is 0 Å². The molecule has 1 fully saturated rings. The zero-order chi connectivity index (χ0) is 28.8. The van der Waals surface area contributed by atoms with Crippen molar-refractivity contribution in [2.24, 2.45) is 16.7 Å². The average molecular weight is 535 g/mol. The molecule has 3 rings (SSSR count). The summed E-state index contributed by atoms with van der Waals surface area (Å²) in [5, 5.41) is 0. The fourth-order valence-electron chi connectivity index (χ4n) is 5.73. The Labute approximate surface area is 234 Å². The molecule has 5 nitrogen and oxygen atoms in total. The van der Waals surface area contributed by atoms with Gasteiger partial charge < -0.3 is 9.47 Å². The van der Waals surface area contributed by atoms with Crippen LogP contribution in [0.15, 0.2) is 42.5 Å². The third-order valence-corrected chi connectivity index (χ3v) is 8.35. The maximum Gasteiger partial charge on any atom is 0.167 e. The van der Waals surface area contributed by atoms with E-state index in [1.165, 1.54) is 12.5 Å². The third-order valence-electron chi connectivity index (χ3n) is 8.35. The lowest BCUT2D eigenvalue weighted by atomic mass is 9.73. The van der Waals surface area contributed by atoms with Gasteiger partial charge in [0.1, 0.15) is 28.6 Å². The molecule has 0 amide bonds. The van der Waals surface area contributed by atoms with E-state index in [4.69, 9.17) is 9.47 Å². The summed E-state index contributed by atoms with van der Waals surface area (Å²) in [6.45, 7) is 14.3. The summed E-state index contributed by atoms with van der Waals surface area (Å²) in [6.07, 6.45) is 4.42. The minimum atomic E-state index is -0.472. The second-order valence-electron chi connectivity index (χ2n) is 12.1. The molecule has 212 valence electrons. The Balaban J connectivity index is 1.94. The van der Waals surface area contributed by atoms with Gasteiger partial charge in [-0.1, -0.05) is 51.1 Å². The summed E-state index contributed by atoms with van der Waals surface area (Å²) in [6, 6.07) is 14.3. The van der Waals surface area contributed by atoms with Crippen LogP contribution in [0.3, 0.4) is 0 Å². The van der Waals surface area contributed by atoms with E-state index in [0.29, 0.717) is 36.7 Å². The maximum atomic E-state index is 13.9. The van der Waals surface area contributed by atoms with Crippen molar-refractivity contribution in [1.82, 2.24) is 0 Å². The topological polar surface area (TPSA) is 69.7 Å². The van der Waals surface area contributed by atoms with Gasteiger partial charge in [0, 0.05) is 17.8 Å². The van der Waals surface area contributed by atoms with Gasteiger partial charge >= 0.3 is 0 Å². The summed E-state index contributed by atoms with van der Waals surface area (Å²) < 4.78 is 11.8. The first kappa shape index (κ1) is 30.6. The van der Waals surface area contributed by atoms with Gasteiger partial charge in [0.15, 0.2) is 5.78 Å². The molecule has 2 aromatic rings. The summed E-state index contributed by atoms with van der Waals surface area (Å²) in [4.78, 5) is 38.8. The monoisotopic (exact) mass is 534 g/mol. The summed E-state index contributed by atoms with van der Waals surface area (Å²) in [5.41, 5.74) is 2.17. The van der Waals surface area contributed by atoms with Gasteiger partial charge in [-0.25, -0.2) is 0 Å². The molecule has 0 spiro atoms. The molecule has 5 heteroatoms. The Morgan fingerprint density at radius 3 is 1.97 bits per heavy atom. The molecule has 2 aromatic carbocycles. The lowest BCUT2D eigenvalue weighted by Gasteiger charge is -2.31. The number of carbonyl (C=O) groups is 3. The Bertz CT molecular complexity index is 1130. The fourth-order valence-corrected chi connectivity index (χ4v) is 5.73. The quantitative estimate of drug-likeness (QED) is 0.206. The van der Waals surface area contributed by atoms with Crippen molar-refractivity contribution in [2.45, 2.75) is 92.9 Å². The van der Waals surface area contributed by atoms with Crippen LogP contribution in [0, 0.1) is 16.7 Å². The summed E-state index contributed by atoms with van der Waals surface area (Å²) >= 11 is 0. The molecule has 1 saturated carbocycles. The molecule has 2 atom stereocenters. The van der Waals surface area contributed by atoms with Gasteiger partial charge in [0.05, 0.1) is 13.2 Å². The van der Waals surface area contributed by atoms with Crippen molar-refractivity contribution in [1.29, 1.82) is 0 Å². The highest BCUT2D eigenvalue weighted by atomic mass is 16.5. The van der Waals surface area contributed by atoms with Crippen LogP contribution in [-0.4, -0.2) is 30.6 Å². The lowest BCUT2D eigenvalue weighted by molar-refractivity contribution is -0.130. The third kappa shape index (κ3) is 7.80. The van der Waals surface area contributed by atoms with Crippen LogP contribution in [0.2, 0.25) is 0 Å². The zero-order valence-electron chi connectivity index (χ0n) is 24.9. The van der Waals surface area contributed by atoms with Gasteiger partial charge in [0.25, 0.3) is 0 Å². The number of carbonyl (C=O) groups excluding carboxylic acids is 3. The number of ether oxygens (including phenoxy) is 2. The van der Waals surface area contributed by atoms with E-state index < -0.39 is 5.41 Å². The molecule has 0 saturated heterocycles. The van der Waals surface area contributed by atoms with E-state index in [0.717, 1.165) is 37.7 Å². The van der Waals surface area contributed by atoms with Crippen LogP contribution >= 0.6 is 0 Å². The molecule has 0 heterocycles. The van der Waals surface area contributed by atoms with Gasteiger partial charge in [-0.2, -0.15) is 0 Å². The fraction of sp³-hybridized carbons (Fsp3) is 0.559. The first-order valence-electron chi connectivity index (χ1n) is 14.4. The van der Waals surface area contributed by atoms with E-state index in [2.05, 4.69) is 45.0 Å². The molecule has 0 radical (unpaired) electrons. The Morgan fingerprint density at radius 2 is 1.51 bits per heavy atom. The Kier molecular flexibility index (Phi) is 10.1. The second-order valence-corrected chi connectivity index (χ2v) is 12.1. The minimum Gasteiger partial charge on any atom is -0.493 e. The Hall–Kier alpha value is -2.95. The number of benzene rings is 2. The highest BCUT2D eigenvalue weighted by Crippen LogP contribution is 2.51. The van der Waals surface area contributed by atoms with Crippen molar-refractivity contribution < 1.29 is 23.9 Å². The van der Waals surface area contributed by atoms with E-state index in [-0.39, 0.29) is 34.6 Å². The average Bonchev–Trinajstić information content (AvgIpc) is 3.65. The Morgan fingerprint density at radius 1 is 0.949 bits per heavy atom. The SMILES string of the molecule is CCOc1cc([C@@H](C)C(CCC(C)(C)Cc2ccccc2)C(=O)CC2(C(C)=O)CC2)cc(OCC)c1C(C)=O. The lowest BCUT2D eigenvalue weighted by Crippen LogP contribution is -2.28.